The van der Waals surface area contributed by atoms with Crippen LogP contribution in [0.4, 0.5) is 15.0 Å². The van der Waals surface area contributed by atoms with Crippen molar-refractivity contribution in [1.82, 2.24) is 20.1 Å². The fourth-order valence-corrected chi connectivity index (χ4v) is 5.79. The van der Waals surface area contributed by atoms with E-state index in [9.17, 15) is 9.90 Å². The van der Waals surface area contributed by atoms with Crippen molar-refractivity contribution in [3.05, 3.63) is 54.0 Å². The Morgan fingerprint density at radius 1 is 1.36 bits per heavy atom. The number of hydrogen-bond acceptors (Lipinski definition) is 8. The highest BCUT2D eigenvalue weighted by Crippen LogP contribution is 2.38. The van der Waals surface area contributed by atoms with E-state index in [1.165, 1.54) is 28.4 Å². The minimum atomic E-state index is -1.14. The van der Waals surface area contributed by atoms with Gasteiger partial charge in [0.25, 0.3) is 0 Å². The van der Waals surface area contributed by atoms with Crippen LogP contribution in [0.1, 0.15) is 34.6 Å². The summed E-state index contributed by atoms with van der Waals surface area (Å²) in [6.07, 6.45) is 1.96. The first kappa shape index (κ1) is 28.7. The fraction of sp³-hybridized carbons (Fsp3) is 0.407. The first-order chi connectivity index (χ1) is 18.4. The number of amides is 1. The molecular formula is C27H31ClFN5O4S. The molecule has 0 spiro atoms. The Hall–Kier alpha value is -3.28. The monoisotopic (exact) mass is 575 g/mol. The summed E-state index contributed by atoms with van der Waals surface area (Å²) >= 11 is 7.79. The Morgan fingerprint density at radius 2 is 2.08 bits per heavy atom. The standard InChI is InChI=1S/C27H31ClFN5O4S/c1-7-10-33(15(2)3)23-11-17(8-9-30-23)24-31-32-25(39-24)18-12-20(29)22(13-19(18)28)37-14-21-16(4)38-27(5,6)34(21)26(35)36/h7-9,11-13,15-16,21H,1,10,14H2,2-6H3,(H,35,36). The Morgan fingerprint density at radius 3 is 2.74 bits per heavy atom. The first-order valence-corrected chi connectivity index (χ1v) is 13.6. The molecule has 2 unspecified atom stereocenters. The van der Waals surface area contributed by atoms with Gasteiger partial charge in [0, 0.05) is 36.0 Å². The molecule has 1 aromatic carbocycles. The average molecular weight is 576 g/mol. The molecule has 4 rings (SSSR count). The van der Waals surface area contributed by atoms with Gasteiger partial charge in [0.2, 0.25) is 0 Å². The van der Waals surface area contributed by atoms with E-state index < -0.39 is 29.8 Å². The number of pyridine rings is 1. The zero-order valence-electron chi connectivity index (χ0n) is 22.4. The van der Waals surface area contributed by atoms with E-state index in [2.05, 4.69) is 40.5 Å². The van der Waals surface area contributed by atoms with Crippen molar-refractivity contribution in [1.29, 1.82) is 0 Å². The van der Waals surface area contributed by atoms with Crippen LogP contribution < -0.4 is 9.64 Å². The molecule has 3 aromatic rings. The van der Waals surface area contributed by atoms with Crippen molar-refractivity contribution >= 4 is 34.8 Å². The number of aromatic nitrogens is 3. The topological polar surface area (TPSA) is 101 Å². The predicted molar refractivity (Wildman–Crippen MR) is 150 cm³/mol. The second kappa shape index (κ2) is 11.4. The normalized spacial score (nSPS) is 18.4. The van der Waals surface area contributed by atoms with Gasteiger partial charge in [0.1, 0.15) is 28.2 Å². The molecule has 0 bridgehead atoms. The number of rotatable bonds is 9. The zero-order valence-corrected chi connectivity index (χ0v) is 24.0. The summed E-state index contributed by atoms with van der Waals surface area (Å²) in [5.74, 6) is 0.0455. The van der Waals surface area contributed by atoms with Gasteiger partial charge in [-0.2, -0.15) is 0 Å². The maximum Gasteiger partial charge on any atom is 0.410 e. The largest absolute Gasteiger partial charge is 0.488 e. The molecule has 1 saturated heterocycles. The number of benzene rings is 1. The van der Waals surface area contributed by atoms with Crippen LogP contribution in [-0.4, -0.2) is 68.3 Å². The van der Waals surface area contributed by atoms with Gasteiger partial charge in [-0.3, -0.25) is 4.90 Å². The van der Waals surface area contributed by atoms with E-state index in [4.69, 9.17) is 21.1 Å². The Bertz CT molecular complexity index is 1370. The van der Waals surface area contributed by atoms with Gasteiger partial charge in [0.05, 0.1) is 17.2 Å². The molecule has 0 radical (unpaired) electrons. The SMILES string of the molecule is C=CCN(c1cc(-c2nnc(-c3cc(F)c(OCC4C(C)OC(C)(C)N4C(=O)O)cc3Cl)s2)ccn1)C(C)C. The maximum absolute atomic E-state index is 15.1. The molecular weight excluding hydrogens is 545 g/mol. The van der Waals surface area contributed by atoms with Crippen molar-refractivity contribution in [2.75, 3.05) is 18.1 Å². The average Bonchev–Trinajstić information content (AvgIpc) is 3.44. The van der Waals surface area contributed by atoms with Crippen LogP contribution in [0.25, 0.3) is 21.1 Å². The molecule has 9 nitrogen and oxygen atoms in total. The van der Waals surface area contributed by atoms with Crippen LogP contribution in [0, 0.1) is 5.82 Å². The van der Waals surface area contributed by atoms with Crippen molar-refractivity contribution in [3.8, 4) is 26.9 Å². The van der Waals surface area contributed by atoms with E-state index in [1.807, 2.05) is 18.2 Å². The van der Waals surface area contributed by atoms with Gasteiger partial charge in [-0.15, -0.1) is 16.8 Å². The van der Waals surface area contributed by atoms with Crippen molar-refractivity contribution in [2.45, 2.75) is 58.5 Å². The maximum atomic E-state index is 15.1. The van der Waals surface area contributed by atoms with Crippen LogP contribution in [-0.2, 0) is 4.74 Å². The molecule has 0 saturated carbocycles. The second-order valence-electron chi connectivity index (χ2n) is 9.91. The van der Waals surface area contributed by atoms with Crippen LogP contribution >= 0.6 is 22.9 Å². The van der Waals surface area contributed by atoms with E-state index >= 15 is 4.39 Å². The number of halogens is 2. The third kappa shape index (κ3) is 6.00. The van der Waals surface area contributed by atoms with Crippen LogP contribution in [0.2, 0.25) is 5.02 Å². The van der Waals surface area contributed by atoms with Crippen LogP contribution in [0.5, 0.6) is 5.75 Å². The van der Waals surface area contributed by atoms with Gasteiger partial charge in [-0.1, -0.05) is 29.0 Å². The smallest absolute Gasteiger partial charge is 0.410 e. The summed E-state index contributed by atoms with van der Waals surface area (Å²) in [7, 11) is 0. The number of carbonyl (C=O) groups is 1. The molecule has 12 heteroatoms. The van der Waals surface area contributed by atoms with E-state index in [0.717, 1.165) is 11.4 Å². The molecule has 1 amide bonds. The highest BCUT2D eigenvalue weighted by molar-refractivity contribution is 7.18. The number of carboxylic acid groups (broad SMARTS) is 1. The third-order valence-corrected chi connectivity index (χ3v) is 7.77. The lowest BCUT2D eigenvalue weighted by Crippen LogP contribution is -2.49. The highest BCUT2D eigenvalue weighted by atomic mass is 35.5. The molecule has 1 N–H and O–H groups in total. The van der Waals surface area contributed by atoms with Crippen LogP contribution in [0.15, 0.2) is 43.1 Å². The summed E-state index contributed by atoms with van der Waals surface area (Å²) in [5, 5.41) is 19.5. The number of nitrogens with zero attached hydrogens (tertiary/aromatic N) is 5. The molecule has 1 fully saturated rings. The lowest BCUT2D eigenvalue weighted by Gasteiger charge is -2.30. The number of hydrogen-bond donors (Lipinski definition) is 1. The Balaban J connectivity index is 1.54. The van der Waals surface area contributed by atoms with E-state index in [-0.39, 0.29) is 23.4 Å². The van der Waals surface area contributed by atoms with Gasteiger partial charge < -0.3 is 19.5 Å². The summed E-state index contributed by atoms with van der Waals surface area (Å²) < 4.78 is 26.6. The van der Waals surface area contributed by atoms with Crippen LogP contribution in [0.3, 0.4) is 0 Å². The van der Waals surface area contributed by atoms with Gasteiger partial charge in [0.15, 0.2) is 11.6 Å². The third-order valence-electron chi connectivity index (χ3n) is 6.46. The minimum Gasteiger partial charge on any atom is -0.488 e. The van der Waals surface area contributed by atoms with Gasteiger partial charge in [-0.05, 0) is 52.8 Å². The quantitative estimate of drug-likeness (QED) is 0.295. The molecule has 1 aliphatic heterocycles. The fourth-order valence-electron chi connectivity index (χ4n) is 4.63. The molecule has 3 heterocycles. The summed E-state index contributed by atoms with van der Waals surface area (Å²) in [6.45, 7) is 13.6. The molecule has 208 valence electrons. The van der Waals surface area contributed by atoms with Gasteiger partial charge >= 0.3 is 6.09 Å². The molecule has 39 heavy (non-hydrogen) atoms. The van der Waals surface area contributed by atoms with Crippen molar-refractivity contribution in [3.63, 3.8) is 0 Å². The lowest BCUT2D eigenvalue weighted by molar-refractivity contribution is -0.0621. The molecule has 2 atom stereocenters. The Kier molecular flexibility index (Phi) is 8.43. The Labute approximate surface area is 235 Å². The summed E-state index contributed by atoms with van der Waals surface area (Å²) in [4.78, 5) is 19.6. The highest BCUT2D eigenvalue weighted by Gasteiger charge is 2.48. The zero-order chi connectivity index (χ0) is 28.5. The number of anilines is 1. The predicted octanol–water partition coefficient (Wildman–Crippen LogP) is 6.34. The lowest BCUT2D eigenvalue weighted by atomic mass is 10.1. The second-order valence-corrected chi connectivity index (χ2v) is 11.3. The van der Waals surface area contributed by atoms with Crippen molar-refractivity contribution < 1.29 is 23.8 Å². The molecule has 0 aliphatic carbocycles. The summed E-state index contributed by atoms with van der Waals surface area (Å²) in [5.41, 5.74) is 0.179. The van der Waals surface area contributed by atoms with Crippen molar-refractivity contribution in [2.24, 2.45) is 0 Å². The van der Waals surface area contributed by atoms with E-state index in [0.29, 0.717) is 22.1 Å². The minimum absolute atomic E-state index is 0.0921. The first-order valence-electron chi connectivity index (χ1n) is 12.4. The van der Waals surface area contributed by atoms with Gasteiger partial charge in [-0.25, -0.2) is 14.2 Å². The summed E-state index contributed by atoms with van der Waals surface area (Å²) in [6, 6.07) is 5.99. The number of ether oxygens (including phenoxy) is 2. The molecule has 1 aliphatic rings. The van der Waals surface area contributed by atoms with E-state index in [1.54, 1.807) is 27.0 Å². The molecule has 2 aromatic heterocycles.